The van der Waals surface area contributed by atoms with Crippen molar-refractivity contribution >= 4 is 0 Å². The van der Waals surface area contributed by atoms with Crippen molar-refractivity contribution in [1.29, 1.82) is 0 Å². The summed E-state index contributed by atoms with van der Waals surface area (Å²) in [6.45, 7) is 12.3. The second kappa shape index (κ2) is 6.41. The van der Waals surface area contributed by atoms with Gasteiger partial charge >= 0.3 is 0 Å². The molecular formula is C10H22O. The van der Waals surface area contributed by atoms with Crippen LogP contribution < -0.4 is 0 Å². The number of hydrogen-bond acceptors (Lipinski definition) is 1. The molecule has 0 N–H and O–H groups in total. The van der Waals surface area contributed by atoms with E-state index in [1.807, 2.05) is 27.7 Å². The van der Waals surface area contributed by atoms with Crippen molar-refractivity contribution in [2.45, 2.75) is 47.1 Å². The van der Waals surface area contributed by atoms with Gasteiger partial charge in [-0.05, 0) is 41.5 Å². The van der Waals surface area contributed by atoms with E-state index in [0.29, 0.717) is 0 Å². The number of allylic oxidation sites excluding steroid dienone is 2. The quantitative estimate of drug-likeness (QED) is 0.491. The topological polar surface area (TPSA) is 9.23 Å². The molecule has 0 aliphatic carbocycles. The summed E-state index contributed by atoms with van der Waals surface area (Å²) in [5.74, 6) is 0. The number of hydrogen-bond donors (Lipinski definition) is 0. The lowest BCUT2D eigenvalue weighted by atomic mass is 10.2. The van der Waals surface area contributed by atoms with Crippen LogP contribution >= 0.6 is 0 Å². The lowest BCUT2D eigenvalue weighted by molar-refractivity contribution is 0.0397. The molecule has 0 aliphatic heterocycles. The highest BCUT2D eigenvalue weighted by atomic mass is 16.5. The predicted octanol–water partition coefficient (Wildman–Crippen LogP) is 3.40. The van der Waals surface area contributed by atoms with E-state index in [4.69, 9.17) is 4.74 Å². The molecule has 0 amide bonds. The Morgan fingerprint density at radius 1 is 1.18 bits per heavy atom. The minimum Gasteiger partial charge on any atom is -0.379 e. The second-order valence-corrected chi connectivity index (χ2v) is 3.68. The molecule has 0 aromatic heterocycles. The summed E-state index contributed by atoms with van der Waals surface area (Å²) < 4.78 is 4.94. The highest BCUT2D eigenvalue weighted by molar-refractivity contribution is 4.88. The number of rotatable bonds is 0. The predicted molar refractivity (Wildman–Crippen MR) is 51.9 cm³/mol. The standard InChI is InChI=1S/C5H12O.C5H10/c1-5(2,3)6-4;1-4-5(2)3/h1-4H3;4H,1-3H3. The molecule has 0 aliphatic rings. The Balaban J connectivity index is 0. The van der Waals surface area contributed by atoms with Crippen LogP contribution in [0.2, 0.25) is 0 Å². The molecule has 0 rings (SSSR count). The average molecular weight is 158 g/mol. The highest BCUT2D eigenvalue weighted by Gasteiger charge is 2.03. The van der Waals surface area contributed by atoms with E-state index in [0.717, 1.165) is 0 Å². The van der Waals surface area contributed by atoms with Gasteiger partial charge < -0.3 is 4.74 Å². The smallest absolute Gasteiger partial charge is 0.0594 e. The van der Waals surface area contributed by atoms with E-state index in [-0.39, 0.29) is 5.60 Å². The fourth-order valence-corrected chi connectivity index (χ4v) is 0. The Morgan fingerprint density at radius 3 is 1.36 bits per heavy atom. The molecule has 1 heteroatoms. The van der Waals surface area contributed by atoms with E-state index in [2.05, 4.69) is 19.9 Å². The fourth-order valence-electron chi connectivity index (χ4n) is 0. The summed E-state index contributed by atoms with van der Waals surface area (Å²) in [5, 5.41) is 0. The molecule has 68 valence electrons. The SMILES string of the molecule is CC=C(C)C.COC(C)(C)C. The first-order valence-electron chi connectivity index (χ1n) is 3.98. The first kappa shape index (κ1) is 13.3. The van der Waals surface area contributed by atoms with E-state index in [9.17, 15) is 0 Å². The van der Waals surface area contributed by atoms with Gasteiger partial charge in [0.1, 0.15) is 0 Å². The van der Waals surface area contributed by atoms with Crippen molar-refractivity contribution in [3.8, 4) is 0 Å². The Labute approximate surface area is 71.5 Å². The summed E-state index contributed by atoms with van der Waals surface area (Å²) in [4.78, 5) is 0. The van der Waals surface area contributed by atoms with Crippen molar-refractivity contribution in [3.63, 3.8) is 0 Å². The summed E-state index contributed by atoms with van der Waals surface area (Å²) in [6, 6.07) is 0. The summed E-state index contributed by atoms with van der Waals surface area (Å²) >= 11 is 0. The van der Waals surface area contributed by atoms with Gasteiger partial charge in [0.2, 0.25) is 0 Å². The van der Waals surface area contributed by atoms with Gasteiger partial charge in [-0.2, -0.15) is 0 Å². The molecular weight excluding hydrogens is 136 g/mol. The van der Waals surface area contributed by atoms with Crippen molar-refractivity contribution in [3.05, 3.63) is 11.6 Å². The van der Waals surface area contributed by atoms with Crippen LogP contribution in [0, 0.1) is 0 Å². The third-order valence-electron chi connectivity index (χ3n) is 1.19. The Bertz CT molecular complexity index is 103. The maximum absolute atomic E-state index is 4.94. The molecule has 0 spiro atoms. The molecule has 0 heterocycles. The fraction of sp³-hybridized carbons (Fsp3) is 0.800. The van der Waals surface area contributed by atoms with Crippen LogP contribution in [-0.4, -0.2) is 12.7 Å². The van der Waals surface area contributed by atoms with Crippen molar-refractivity contribution in [2.24, 2.45) is 0 Å². The van der Waals surface area contributed by atoms with Crippen molar-refractivity contribution in [2.75, 3.05) is 7.11 Å². The number of methoxy groups -OCH3 is 1. The van der Waals surface area contributed by atoms with Crippen LogP contribution in [0.3, 0.4) is 0 Å². The lowest BCUT2D eigenvalue weighted by Crippen LogP contribution is -2.15. The first-order valence-corrected chi connectivity index (χ1v) is 3.98. The molecule has 1 nitrogen and oxygen atoms in total. The van der Waals surface area contributed by atoms with Crippen LogP contribution in [0.5, 0.6) is 0 Å². The highest BCUT2D eigenvalue weighted by Crippen LogP contribution is 2.02. The zero-order chi connectivity index (χ0) is 9.49. The van der Waals surface area contributed by atoms with Crippen LogP contribution in [-0.2, 0) is 4.74 Å². The lowest BCUT2D eigenvalue weighted by Gasteiger charge is -2.14. The molecule has 0 saturated carbocycles. The monoisotopic (exact) mass is 158 g/mol. The zero-order valence-corrected chi connectivity index (χ0v) is 8.99. The van der Waals surface area contributed by atoms with E-state index in [1.54, 1.807) is 7.11 Å². The maximum Gasteiger partial charge on any atom is 0.0594 e. The first-order chi connectivity index (χ1) is 4.83. The summed E-state index contributed by atoms with van der Waals surface area (Å²) in [7, 11) is 1.71. The molecule has 0 radical (unpaired) electrons. The zero-order valence-electron chi connectivity index (χ0n) is 8.99. The third-order valence-corrected chi connectivity index (χ3v) is 1.19. The van der Waals surface area contributed by atoms with Crippen LogP contribution in [0.4, 0.5) is 0 Å². The Kier molecular flexibility index (Phi) is 7.75. The van der Waals surface area contributed by atoms with Gasteiger partial charge in [0.05, 0.1) is 5.60 Å². The van der Waals surface area contributed by atoms with E-state index < -0.39 is 0 Å². The molecule has 0 aromatic carbocycles. The van der Waals surface area contributed by atoms with E-state index >= 15 is 0 Å². The van der Waals surface area contributed by atoms with Gasteiger partial charge in [0, 0.05) is 7.11 Å². The van der Waals surface area contributed by atoms with Crippen molar-refractivity contribution < 1.29 is 4.74 Å². The molecule has 0 saturated heterocycles. The van der Waals surface area contributed by atoms with Crippen LogP contribution in [0.15, 0.2) is 11.6 Å². The molecule has 0 bridgehead atoms. The molecule has 0 aromatic rings. The average Bonchev–Trinajstić information content (AvgIpc) is 1.88. The largest absolute Gasteiger partial charge is 0.379 e. The normalized spacial score (nSPS) is 9.73. The van der Waals surface area contributed by atoms with Gasteiger partial charge in [0.15, 0.2) is 0 Å². The third kappa shape index (κ3) is 26.0. The second-order valence-electron chi connectivity index (χ2n) is 3.68. The summed E-state index contributed by atoms with van der Waals surface area (Å²) in [6.07, 6.45) is 2.08. The Hall–Kier alpha value is -0.300. The molecule has 0 unspecified atom stereocenters. The van der Waals surface area contributed by atoms with Gasteiger partial charge in [-0.15, -0.1) is 0 Å². The van der Waals surface area contributed by atoms with Crippen LogP contribution in [0.25, 0.3) is 0 Å². The van der Waals surface area contributed by atoms with Gasteiger partial charge in [-0.1, -0.05) is 11.6 Å². The van der Waals surface area contributed by atoms with Gasteiger partial charge in [0.25, 0.3) is 0 Å². The maximum atomic E-state index is 4.94. The minimum absolute atomic E-state index is 0.0417. The van der Waals surface area contributed by atoms with Gasteiger partial charge in [-0.3, -0.25) is 0 Å². The minimum atomic E-state index is 0.0417. The Morgan fingerprint density at radius 2 is 1.36 bits per heavy atom. The molecule has 0 atom stereocenters. The van der Waals surface area contributed by atoms with Gasteiger partial charge in [-0.25, -0.2) is 0 Å². The van der Waals surface area contributed by atoms with Crippen molar-refractivity contribution in [1.82, 2.24) is 0 Å². The number of ether oxygens (including phenoxy) is 1. The van der Waals surface area contributed by atoms with E-state index in [1.165, 1.54) is 5.57 Å². The summed E-state index contributed by atoms with van der Waals surface area (Å²) in [5.41, 5.74) is 1.42. The molecule has 11 heavy (non-hydrogen) atoms. The van der Waals surface area contributed by atoms with Crippen LogP contribution in [0.1, 0.15) is 41.5 Å². The molecule has 0 fully saturated rings.